The molecule has 0 aliphatic rings. The molecule has 6 nitrogen and oxygen atoms in total. The molecule has 0 bridgehead atoms. The van der Waals surface area contributed by atoms with Gasteiger partial charge in [-0.3, -0.25) is 9.59 Å². The van der Waals surface area contributed by atoms with Gasteiger partial charge in [-0.05, 0) is 57.8 Å². The molecule has 3 N–H and O–H groups in total. The van der Waals surface area contributed by atoms with E-state index >= 15 is 0 Å². The van der Waals surface area contributed by atoms with Gasteiger partial charge < -0.3 is 20.3 Å². The molecule has 0 heterocycles. The van der Waals surface area contributed by atoms with Crippen LogP contribution in [0.1, 0.15) is 425 Å². The molecule has 0 rings (SSSR count). The minimum absolute atomic E-state index is 0.0173. The molecule has 1 amide bonds. The first-order valence-electron chi connectivity index (χ1n) is 37.6. The molecule has 0 aromatic rings. The molecule has 0 aliphatic heterocycles. The van der Waals surface area contributed by atoms with Crippen LogP contribution in [-0.2, 0) is 14.3 Å². The Labute approximate surface area is 513 Å². The van der Waals surface area contributed by atoms with Crippen molar-refractivity contribution in [1.82, 2.24) is 5.32 Å². The zero-order valence-corrected chi connectivity index (χ0v) is 55.8. The van der Waals surface area contributed by atoms with Crippen molar-refractivity contribution in [3.05, 3.63) is 24.3 Å². The minimum atomic E-state index is -0.845. The normalized spacial score (nSPS) is 12.6. The van der Waals surface area contributed by atoms with Gasteiger partial charge in [0.25, 0.3) is 0 Å². The van der Waals surface area contributed by atoms with Gasteiger partial charge in [0.1, 0.15) is 0 Å². The Morgan fingerprint density at radius 3 is 0.866 bits per heavy atom. The number of aliphatic hydroxyl groups is 2. The van der Waals surface area contributed by atoms with Crippen LogP contribution < -0.4 is 5.32 Å². The molecule has 2 atom stereocenters. The number of rotatable bonds is 71. The molecule has 0 aromatic carbocycles. The Hall–Kier alpha value is -1.66. The van der Waals surface area contributed by atoms with Crippen LogP contribution in [-0.4, -0.2) is 47.4 Å². The standard InChI is InChI=1S/C76H147NO5/c1-3-5-7-9-11-13-15-16-17-18-19-20-21-30-33-36-39-42-45-49-52-56-60-64-68-74(79)73(72-78)77-75(80)69-65-61-57-53-50-46-43-40-37-34-31-28-26-24-22-23-25-27-29-32-35-38-41-44-47-51-55-59-63-67-71-82-76(81)70-66-62-58-54-48-14-12-10-8-6-4-2/h23,25,64,68,73-74,78-79H,3-22,24,26-63,65-67,69-72H2,1-2H3,(H,77,80)/b25-23-,68-64+. The van der Waals surface area contributed by atoms with Crippen LogP contribution in [0.5, 0.6) is 0 Å². The van der Waals surface area contributed by atoms with Gasteiger partial charge >= 0.3 is 5.97 Å². The smallest absolute Gasteiger partial charge is 0.305 e. The Balaban J connectivity index is 3.40. The number of carbonyl (C=O) groups excluding carboxylic acids is 2. The van der Waals surface area contributed by atoms with Crippen LogP contribution in [0.2, 0.25) is 0 Å². The van der Waals surface area contributed by atoms with Crippen LogP contribution in [0.15, 0.2) is 24.3 Å². The molecule has 0 radical (unpaired) electrons. The maximum atomic E-state index is 12.5. The van der Waals surface area contributed by atoms with E-state index in [2.05, 4.69) is 31.3 Å². The molecule has 6 heteroatoms. The van der Waals surface area contributed by atoms with Gasteiger partial charge in [0.15, 0.2) is 0 Å². The Bertz CT molecular complexity index is 1280. The third-order valence-corrected chi connectivity index (χ3v) is 17.7. The molecule has 0 aromatic heterocycles. The number of allylic oxidation sites excluding steroid dienone is 3. The van der Waals surface area contributed by atoms with Crippen LogP contribution in [0, 0.1) is 0 Å². The number of hydrogen-bond acceptors (Lipinski definition) is 5. The number of nitrogens with one attached hydrogen (secondary N) is 1. The van der Waals surface area contributed by atoms with E-state index in [1.807, 2.05) is 6.08 Å². The summed E-state index contributed by atoms with van der Waals surface area (Å²) in [5.41, 5.74) is 0. The van der Waals surface area contributed by atoms with E-state index in [0.29, 0.717) is 19.4 Å². The lowest BCUT2D eigenvalue weighted by Gasteiger charge is -2.20. The zero-order chi connectivity index (χ0) is 59.2. The molecule has 486 valence electrons. The monoisotopic (exact) mass is 1150 g/mol. The van der Waals surface area contributed by atoms with Crippen molar-refractivity contribution >= 4 is 11.9 Å². The van der Waals surface area contributed by atoms with E-state index in [0.717, 1.165) is 38.5 Å². The first-order valence-corrected chi connectivity index (χ1v) is 37.6. The van der Waals surface area contributed by atoms with Crippen molar-refractivity contribution in [2.24, 2.45) is 0 Å². The second-order valence-corrected chi connectivity index (χ2v) is 26.0. The second kappa shape index (κ2) is 71.8. The molecule has 0 spiro atoms. The second-order valence-electron chi connectivity index (χ2n) is 26.0. The third kappa shape index (κ3) is 67.5. The Kier molecular flexibility index (Phi) is 70.4. The molecular weight excluding hydrogens is 1010 g/mol. The van der Waals surface area contributed by atoms with E-state index in [1.54, 1.807) is 6.08 Å². The van der Waals surface area contributed by atoms with Gasteiger partial charge in [-0.1, -0.05) is 378 Å². The van der Waals surface area contributed by atoms with Gasteiger partial charge in [-0.2, -0.15) is 0 Å². The fourth-order valence-electron chi connectivity index (χ4n) is 12.0. The number of amides is 1. The lowest BCUT2D eigenvalue weighted by molar-refractivity contribution is -0.143. The lowest BCUT2D eigenvalue weighted by atomic mass is 10.0. The van der Waals surface area contributed by atoms with Gasteiger partial charge in [-0.15, -0.1) is 0 Å². The Morgan fingerprint density at radius 2 is 0.573 bits per heavy atom. The van der Waals surface area contributed by atoms with Crippen molar-refractivity contribution in [3.63, 3.8) is 0 Å². The van der Waals surface area contributed by atoms with Gasteiger partial charge in [0, 0.05) is 12.8 Å². The van der Waals surface area contributed by atoms with E-state index < -0.39 is 12.1 Å². The predicted octanol–water partition coefficient (Wildman–Crippen LogP) is 24.5. The number of ether oxygens (including phenoxy) is 1. The summed E-state index contributed by atoms with van der Waals surface area (Å²) in [5, 5.41) is 23.3. The summed E-state index contributed by atoms with van der Waals surface area (Å²) in [4.78, 5) is 24.6. The third-order valence-electron chi connectivity index (χ3n) is 17.7. The number of hydrogen-bond donors (Lipinski definition) is 3. The van der Waals surface area contributed by atoms with Crippen molar-refractivity contribution < 1.29 is 24.5 Å². The summed E-state index contributed by atoms with van der Waals surface area (Å²) < 4.78 is 5.48. The first kappa shape index (κ1) is 80.3. The molecule has 2 unspecified atom stereocenters. The minimum Gasteiger partial charge on any atom is -0.466 e. The van der Waals surface area contributed by atoms with Gasteiger partial charge in [0.2, 0.25) is 5.91 Å². The summed E-state index contributed by atoms with van der Waals surface area (Å²) in [5.74, 6) is -0.0442. The summed E-state index contributed by atoms with van der Waals surface area (Å²) in [6, 6.07) is -0.628. The summed E-state index contributed by atoms with van der Waals surface area (Å²) in [6.07, 6.45) is 91.4. The largest absolute Gasteiger partial charge is 0.466 e. The zero-order valence-electron chi connectivity index (χ0n) is 55.8. The number of carbonyl (C=O) groups is 2. The number of aliphatic hydroxyl groups excluding tert-OH is 2. The highest BCUT2D eigenvalue weighted by molar-refractivity contribution is 5.76. The highest BCUT2D eigenvalue weighted by Gasteiger charge is 2.18. The van der Waals surface area contributed by atoms with Crippen molar-refractivity contribution in [2.75, 3.05) is 13.2 Å². The average molecular weight is 1160 g/mol. The highest BCUT2D eigenvalue weighted by Crippen LogP contribution is 2.19. The summed E-state index contributed by atoms with van der Waals surface area (Å²) >= 11 is 0. The molecule has 0 aliphatic carbocycles. The summed E-state index contributed by atoms with van der Waals surface area (Å²) in [6.45, 7) is 4.95. The molecule has 82 heavy (non-hydrogen) atoms. The number of esters is 1. The quantitative estimate of drug-likeness (QED) is 0.0320. The van der Waals surface area contributed by atoms with Gasteiger partial charge in [-0.25, -0.2) is 0 Å². The molecule has 0 saturated carbocycles. The SMILES string of the molecule is CCCCCCCCCCCCCCCCCCCCCCCC/C=C/C(O)C(CO)NC(=O)CCCCCCCCCCCCCCCC/C=C\CCCCCCCCCCCCCCOC(=O)CCCCCCCCCCCCC. The van der Waals surface area contributed by atoms with Crippen LogP contribution >= 0.6 is 0 Å². The van der Waals surface area contributed by atoms with Crippen molar-refractivity contribution in [2.45, 2.75) is 437 Å². The molecule has 0 fully saturated rings. The molecular formula is C76H147NO5. The maximum absolute atomic E-state index is 12.5. The summed E-state index contributed by atoms with van der Waals surface area (Å²) in [7, 11) is 0. The van der Waals surface area contributed by atoms with Crippen molar-refractivity contribution in [1.29, 1.82) is 0 Å². The number of unbranched alkanes of at least 4 members (excludes halogenated alkanes) is 58. The van der Waals surface area contributed by atoms with E-state index in [1.165, 1.54) is 360 Å². The maximum Gasteiger partial charge on any atom is 0.305 e. The van der Waals surface area contributed by atoms with Crippen LogP contribution in [0.3, 0.4) is 0 Å². The van der Waals surface area contributed by atoms with Crippen LogP contribution in [0.4, 0.5) is 0 Å². The Morgan fingerprint density at radius 1 is 0.329 bits per heavy atom. The first-order chi connectivity index (χ1) is 40.5. The van der Waals surface area contributed by atoms with E-state index in [9.17, 15) is 19.8 Å². The van der Waals surface area contributed by atoms with E-state index in [4.69, 9.17) is 4.74 Å². The van der Waals surface area contributed by atoms with Gasteiger partial charge in [0.05, 0.1) is 25.4 Å². The average Bonchev–Trinajstić information content (AvgIpc) is 3.48. The van der Waals surface area contributed by atoms with Crippen molar-refractivity contribution in [3.8, 4) is 0 Å². The topological polar surface area (TPSA) is 95.9 Å². The fraction of sp³-hybridized carbons (Fsp3) is 0.921. The van der Waals surface area contributed by atoms with E-state index in [-0.39, 0.29) is 18.5 Å². The fourth-order valence-corrected chi connectivity index (χ4v) is 12.0. The molecule has 0 saturated heterocycles. The highest BCUT2D eigenvalue weighted by atomic mass is 16.5. The predicted molar refractivity (Wildman–Crippen MR) is 361 cm³/mol. The lowest BCUT2D eigenvalue weighted by Crippen LogP contribution is -2.45. The van der Waals surface area contributed by atoms with Crippen LogP contribution in [0.25, 0.3) is 0 Å².